The number of furan rings is 1. The number of hydrogen-bond donors (Lipinski definition) is 2. The molecule has 0 saturated carbocycles. The molecule has 0 radical (unpaired) electrons. The lowest BCUT2D eigenvalue weighted by Crippen LogP contribution is -2.10. The number of rotatable bonds is 8. The van der Waals surface area contributed by atoms with Crippen LogP contribution in [-0.4, -0.2) is 23.0 Å². The Labute approximate surface area is 122 Å². The van der Waals surface area contributed by atoms with Crippen LogP contribution in [0.3, 0.4) is 0 Å². The van der Waals surface area contributed by atoms with Crippen LogP contribution in [0.5, 0.6) is 0 Å². The Morgan fingerprint density at radius 1 is 1.29 bits per heavy atom. The molecule has 2 N–H and O–H groups in total. The average molecular weight is 290 g/mol. The molecule has 0 bridgehead atoms. The number of anilines is 2. The zero-order valence-electron chi connectivity index (χ0n) is 11.8. The summed E-state index contributed by atoms with van der Waals surface area (Å²) in [6, 6.07) is 6.75. The second-order valence-electron chi connectivity index (χ2n) is 4.50. The second-order valence-corrected chi connectivity index (χ2v) is 4.50. The van der Waals surface area contributed by atoms with Gasteiger partial charge in [-0.05, 0) is 24.6 Å². The maximum Gasteiger partial charge on any atom is 0.311 e. The number of nitrogens with zero attached hydrogens (tertiary/aromatic N) is 2. The quantitative estimate of drug-likeness (QED) is 0.573. The Kier molecular flexibility index (Phi) is 5.14. The van der Waals surface area contributed by atoms with Gasteiger partial charge in [-0.1, -0.05) is 6.92 Å². The molecule has 21 heavy (non-hydrogen) atoms. The first-order chi connectivity index (χ1) is 10.2. The molecule has 2 aromatic heterocycles. The summed E-state index contributed by atoms with van der Waals surface area (Å²) in [5.74, 6) is 1.72. The monoisotopic (exact) mass is 290 g/mol. The van der Waals surface area contributed by atoms with Gasteiger partial charge in [-0.25, -0.2) is 4.98 Å². The molecule has 112 valence electrons. The van der Waals surface area contributed by atoms with E-state index in [2.05, 4.69) is 15.6 Å². The first kappa shape index (κ1) is 14.8. The van der Waals surface area contributed by atoms with Crippen molar-refractivity contribution in [2.45, 2.75) is 19.8 Å². The molecule has 0 saturated heterocycles. The first-order valence-corrected chi connectivity index (χ1v) is 6.86. The molecule has 2 heterocycles. The topological polar surface area (TPSA) is 93.2 Å². The summed E-state index contributed by atoms with van der Waals surface area (Å²) in [5, 5.41) is 17.1. The molecule has 0 aromatic carbocycles. The van der Waals surface area contributed by atoms with Crippen LogP contribution < -0.4 is 10.6 Å². The van der Waals surface area contributed by atoms with Gasteiger partial charge in [0.2, 0.25) is 5.82 Å². The van der Waals surface area contributed by atoms with Crippen molar-refractivity contribution in [3.8, 4) is 0 Å². The van der Waals surface area contributed by atoms with Gasteiger partial charge >= 0.3 is 5.69 Å². The summed E-state index contributed by atoms with van der Waals surface area (Å²) in [4.78, 5) is 14.8. The maximum atomic E-state index is 11.0. The van der Waals surface area contributed by atoms with Gasteiger partial charge in [-0.2, -0.15) is 0 Å². The van der Waals surface area contributed by atoms with Crippen molar-refractivity contribution in [1.82, 2.24) is 4.98 Å². The van der Waals surface area contributed by atoms with Crippen molar-refractivity contribution in [2.24, 2.45) is 0 Å². The van der Waals surface area contributed by atoms with Crippen LogP contribution in [0.25, 0.3) is 0 Å². The van der Waals surface area contributed by atoms with Gasteiger partial charge in [0.25, 0.3) is 0 Å². The third-order valence-corrected chi connectivity index (χ3v) is 2.87. The van der Waals surface area contributed by atoms with Crippen LogP contribution >= 0.6 is 0 Å². The highest BCUT2D eigenvalue weighted by Gasteiger charge is 2.15. The summed E-state index contributed by atoms with van der Waals surface area (Å²) in [6.07, 6.45) is 3.20. The molecule has 0 unspecified atom stereocenters. The average Bonchev–Trinajstić information content (AvgIpc) is 2.98. The van der Waals surface area contributed by atoms with Gasteiger partial charge in [0.05, 0.1) is 11.2 Å². The Morgan fingerprint density at radius 2 is 2.14 bits per heavy atom. The highest BCUT2D eigenvalue weighted by atomic mass is 16.6. The van der Waals surface area contributed by atoms with Gasteiger partial charge in [0, 0.05) is 25.6 Å². The van der Waals surface area contributed by atoms with E-state index >= 15 is 0 Å². The van der Waals surface area contributed by atoms with E-state index in [1.165, 1.54) is 6.07 Å². The number of aromatic nitrogens is 1. The van der Waals surface area contributed by atoms with E-state index in [4.69, 9.17) is 4.42 Å². The van der Waals surface area contributed by atoms with Gasteiger partial charge in [0.15, 0.2) is 0 Å². The molecule has 0 aliphatic heterocycles. The lowest BCUT2D eigenvalue weighted by molar-refractivity contribution is -0.384. The standard InChI is InChI=1S/C14H18N4O3/c1-2-8-15-13-6-5-12(18(19)20)14(17-13)16-9-7-11-4-3-10-21-11/h3-6,10H,2,7-9H2,1H3,(H2,15,16,17). The molecule has 0 aliphatic rings. The van der Waals surface area contributed by atoms with Crippen molar-refractivity contribution in [1.29, 1.82) is 0 Å². The fourth-order valence-corrected chi connectivity index (χ4v) is 1.84. The van der Waals surface area contributed by atoms with E-state index in [9.17, 15) is 10.1 Å². The normalized spacial score (nSPS) is 10.3. The van der Waals surface area contributed by atoms with Crippen LogP contribution in [0, 0.1) is 10.1 Å². The van der Waals surface area contributed by atoms with Crippen molar-refractivity contribution in [2.75, 3.05) is 23.7 Å². The van der Waals surface area contributed by atoms with Crippen LogP contribution in [0.1, 0.15) is 19.1 Å². The molecule has 0 amide bonds. The molecular formula is C14H18N4O3. The fraction of sp³-hybridized carbons (Fsp3) is 0.357. The zero-order chi connectivity index (χ0) is 15.1. The highest BCUT2D eigenvalue weighted by molar-refractivity contribution is 5.60. The molecule has 0 aliphatic carbocycles. The second kappa shape index (κ2) is 7.28. The number of nitro groups is 1. The minimum Gasteiger partial charge on any atom is -0.469 e. The van der Waals surface area contributed by atoms with Crippen molar-refractivity contribution in [3.05, 3.63) is 46.4 Å². The molecule has 2 aromatic rings. The molecule has 0 fully saturated rings. The number of nitrogens with one attached hydrogen (secondary N) is 2. The van der Waals surface area contributed by atoms with Crippen LogP contribution in [0.15, 0.2) is 34.9 Å². The lowest BCUT2D eigenvalue weighted by atomic mass is 10.3. The van der Waals surface area contributed by atoms with E-state index in [1.54, 1.807) is 12.3 Å². The van der Waals surface area contributed by atoms with Crippen LogP contribution in [0.4, 0.5) is 17.3 Å². The van der Waals surface area contributed by atoms with Gasteiger partial charge in [0.1, 0.15) is 11.6 Å². The summed E-state index contributed by atoms with van der Waals surface area (Å²) in [7, 11) is 0. The van der Waals surface area contributed by atoms with E-state index in [-0.39, 0.29) is 11.5 Å². The third kappa shape index (κ3) is 4.20. The third-order valence-electron chi connectivity index (χ3n) is 2.87. The SMILES string of the molecule is CCCNc1ccc([N+](=O)[O-])c(NCCc2ccco2)n1. The summed E-state index contributed by atoms with van der Waals surface area (Å²) >= 11 is 0. The van der Waals surface area contributed by atoms with Gasteiger partial charge in [-0.15, -0.1) is 0 Å². The minimum atomic E-state index is -0.439. The molecular weight excluding hydrogens is 272 g/mol. The Balaban J connectivity index is 2.04. The van der Waals surface area contributed by atoms with E-state index in [0.717, 1.165) is 18.7 Å². The summed E-state index contributed by atoms with van der Waals surface area (Å²) in [6.45, 7) is 3.33. The van der Waals surface area contributed by atoms with Crippen LogP contribution in [-0.2, 0) is 6.42 Å². The molecule has 0 spiro atoms. The summed E-state index contributed by atoms with van der Waals surface area (Å²) < 4.78 is 5.22. The maximum absolute atomic E-state index is 11.0. The van der Waals surface area contributed by atoms with Gasteiger partial charge < -0.3 is 15.1 Å². The van der Waals surface area contributed by atoms with Crippen molar-refractivity contribution < 1.29 is 9.34 Å². The molecule has 2 rings (SSSR count). The Hall–Kier alpha value is -2.57. The molecule has 7 heteroatoms. The van der Waals surface area contributed by atoms with E-state index in [1.807, 2.05) is 19.1 Å². The lowest BCUT2D eigenvalue weighted by Gasteiger charge is -2.08. The first-order valence-electron chi connectivity index (χ1n) is 6.86. The van der Waals surface area contributed by atoms with E-state index in [0.29, 0.717) is 18.8 Å². The molecule has 0 atom stereocenters. The molecule has 7 nitrogen and oxygen atoms in total. The van der Waals surface area contributed by atoms with Gasteiger partial charge in [-0.3, -0.25) is 10.1 Å². The zero-order valence-corrected chi connectivity index (χ0v) is 11.8. The van der Waals surface area contributed by atoms with Crippen molar-refractivity contribution >= 4 is 17.3 Å². The summed E-state index contributed by atoms with van der Waals surface area (Å²) in [5.41, 5.74) is -0.0310. The fourth-order valence-electron chi connectivity index (χ4n) is 1.84. The predicted molar refractivity (Wildman–Crippen MR) is 80.6 cm³/mol. The Bertz CT molecular complexity index is 584. The Morgan fingerprint density at radius 3 is 2.81 bits per heavy atom. The largest absolute Gasteiger partial charge is 0.469 e. The number of pyridine rings is 1. The van der Waals surface area contributed by atoms with E-state index < -0.39 is 4.92 Å². The van der Waals surface area contributed by atoms with Crippen molar-refractivity contribution in [3.63, 3.8) is 0 Å². The minimum absolute atomic E-state index is 0.0310. The number of hydrogen-bond acceptors (Lipinski definition) is 6. The smallest absolute Gasteiger partial charge is 0.311 e. The highest BCUT2D eigenvalue weighted by Crippen LogP contribution is 2.24. The predicted octanol–water partition coefficient (Wildman–Crippen LogP) is 3.06. The van der Waals surface area contributed by atoms with Crippen LogP contribution in [0.2, 0.25) is 0 Å².